The van der Waals surface area contributed by atoms with E-state index in [1.165, 1.54) is 0 Å². The maximum atomic E-state index is 9.69. The molecule has 15 heavy (non-hydrogen) atoms. The standard InChI is InChI=1S/C13H29NO/c1-7-9-14(11(3)4)13(6,10-15)12(5)8-2/h11-12,15H,7-10H2,1-6H3. The molecule has 0 saturated carbocycles. The average molecular weight is 215 g/mol. The number of rotatable bonds is 7. The molecule has 0 amide bonds. The minimum absolute atomic E-state index is 0.0705. The molecule has 1 N–H and O–H groups in total. The summed E-state index contributed by atoms with van der Waals surface area (Å²) < 4.78 is 0. The molecular formula is C13H29NO. The lowest BCUT2D eigenvalue weighted by Gasteiger charge is -2.46. The molecule has 0 rings (SSSR count). The van der Waals surface area contributed by atoms with E-state index >= 15 is 0 Å². The van der Waals surface area contributed by atoms with Crippen LogP contribution in [0.25, 0.3) is 0 Å². The maximum absolute atomic E-state index is 9.69. The molecule has 0 aromatic heterocycles. The van der Waals surface area contributed by atoms with Crippen molar-refractivity contribution in [3.05, 3.63) is 0 Å². The Kier molecular flexibility index (Phi) is 6.46. The third kappa shape index (κ3) is 3.46. The van der Waals surface area contributed by atoms with Crippen molar-refractivity contribution in [1.82, 2.24) is 4.90 Å². The zero-order valence-corrected chi connectivity index (χ0v) is 11.4. The lowest BCUT2D eigenvalue weighted by atomic mass is 9.83. The summed E-state index contributed by atoms with van der Waals surface area (Å²) in [6.45, 7) is 14.6. The first-order valence-corrected chi connectivity index (χ1v) is 6.31. The lowest BCUT2D eigenvalue weighted by molar-refractivity contribution is -0.0186. The maximum Gasteiger partial charge on any atom is 0.0615 e. The van der Waals surface area contributed by atoms with Gasteiger partial charge >= 0.3 is 0 Å². The zero-order chi connectivity index (χ0) is 12.1. The molecule has 0 heterocycles. The van der Waals surface area contributed by atoms with Crippen LogP contribution in [0.3, 0.4) is 0 Å². The third-order valence-electron chi connectivity index (χ3n) is 3.74. The van der Waals surface area contributed by atoms with Crippen LogP contribution in [0.4, 0.5) is 0 Å². The van der Waals surface area contributed by atoms with Crippen LogP contribution in [0.15, 0.2) is 0 Å². The molecule has 2 atom stereocenters. The topological polar surface area (TPSA) is 23.5 Å². The highest BCUT2D eigenvalue weighted by molar-refractivity contribution is 4.91. The van der Waals surface area contributed by atoms with Gasteiger partial charge in [0.05, 0.1) is 6.61 Å². The van der Waals surface area contributed by atoms with Crippen LogP contribution in [0.1, 0.15) is 54.4 Å². The fourth-order valence-electron chi connectivity index (χ4n) is 2.31. The molecule has 2 nitrogen and oxygen atoms in total. The van der Waals surface area contributed by atoms with Crippen molar-refractivity contribution in [3.63, 3.8) is 0 Å². The van der Waals surface area contributed by atoms with E-state index in [1.807, 2.05) is 0 Å². The number of hydrogen-bond donors (Lipinski definition) is 1. The van der Waals surface area contributed by atoms with Crippen molar-refractivity contribution in [2.45, 2.75) is 66.0 Å². The van der Waals surface area contributed by atoms with Gasteiger partial charge in [0.25, 0.3) is 0 Å². The fourth-order valence-corrected chi connectivity index (χ4v) is 2.31. The van der Waals surface area contributed by atoms with Gasteiger partial charge in [0.2, 0.25) is 0 Å². The summed E-state index contributed by atoms with van der Waals surface area (Å²) in [6.07, 6.45) is 2.26. The number of hydrogen-bond acceptors (Lipinski definition) is 2. The smallest absolute Gasteiger partial charge is 0.0615 e. The van der Waals surface area contributed by atoms with Gasteiger partial charge in [0, 0.05) is 11.6 Å². The molecule has 0 aliphatic rings. The Labute approximate surface area is 95.7 Å². The van der Waals surface area contributed by atoms with Gasteiger partial charge in [-0.1, -0.05) is 27.2 Å². The van der Waals surface area contributed by atoms with E-state index in [4.69, 9.17) is 0 Å². The predicted molar refractivity (Wildman–Crippen MR) is 67.1 cm³/mol. The van der Waals surface area contributed by atoms with Crippen LogP contribution < -0.4 is 0 Å². The number of aliphatic hydroxyl groups excluding tert-OH is 1. The van der Waals surface area contributed by atoms with Crippen molar-refractivity contribution in [2.24, 2.45) is 5.92 Å². The Morgan fingerprint density at radius 3 is 2.00 bits per heavy atom. The molecule has 0 aromatic rings. The minimum atomic E-state index is -0.0705. The molecule has 0 aromatic carbocycles. The molecule has 92 valence electrons. The Hall–Kier alpha value is -0.0800. The second-order valence-electron chi connectivity index (χ2n) is 5.11. The second-order valence-corrected chi connectivity index (χ2v) is 5.11. The molecule has 2 unspecified atom stereocenters. The normalized spacial score (nSPS) is 18.2. The van der Waals surface area contributed by atoms with E-state index in [9.17, 15) is 5.11 Å². The van der Waals surface area contributed by atoms with E-state index < -0.39 is 0 Å². The largest absolute Gasteiger partial charge is 0.394 e. The van der Waals surface area contributed by atoms with Crippen LogP contribution in [-0.4, -0.2) is 34.7 Å². The SMILES string of the molecule is CCCN(C(C)C)C(C)(CO)C(C)CC. The van der Waals surface area contributed by atoms with Gasteiger partial charge in [0.1, 0.15) is 0 Å². The second kappa shape index (κ2) is 6.49. The Bertz CT molecular complexity index is 170. The minimum Gasteiger partial charge on any atom is -0.394 e. The van der Waals surface area contributed by atoms with E-state index in [1.54, 1.807) is 0 Å². The molecule has 0 fully saturated rings. The first-order chi connectivity index (χ1) is 6.93. The van der Waals surface area contributed by atoms with Gasteiger partial charge in [-0.3, -0.25) is 4.90 Å². The van der Waals surface area contributed by atoms with Gasteiger partial charge in [-0.2, -0.15) is 0 Å². The third-order valence-corrected chi connectivity index (χ3v) is 3.74. The van der Waals surface area contributed by atoms with Crippen LogP contribution in [0, 0.1) is 5.92 Å². The molecule has 2 heteroatoms. The van der Waals surface area contributed by atoms with Gasteiger partial charge in [-0.05, 0) is 39.7 Å². The van der Waals surface area contributed by atoms with Gasteiger partial charge in [0.15, 0.2) is 0 Å². The van der Waals surface area contributed by atoms with Gasteiger partial charge in [-0.25, -0.2) is 0 Å². The highest BCUT2D eigenvalue weighted by atomic mass is 16.3. The lowest BCUT2D eigenvalue weighted by Crippen LogP contribution is -2.56. The fraction of sp³-hybridized carbons (Fsp3) is 1.00. The van der Waals surface area contributed by atoms with E-state index in [-0.39, 0.29) is 12.1 Å². The summed E-state index contributed by atoms with van der Waals surface area (Å²) in [6, 6.07) is 0.496. The van der Waals surface area contributed by atoms with Crippen molar-refractivity contribution >= 4 is 0 Å². The van der Waals surface area contributed by atoms with Crippen molar-refractivity contribution in [1.29, 1.82) is 0 Å². The Balaban J connectivity index is 4.84. The van der Waals surface area contributed by atoms with Crippen molar-refractivity contribution < 1.29 is 5.11 Å². The molecular weight excluding hydrogens is 186 g/mol. The summed E-state index contributed by atoms with van der Waals surface area (Å²) in [4.78, 5) is 2.45. The van der Waals surface area contributed by atoms with Crippen molar-refractivity contribution in [2.75, 3.05) is 13.2 Å². The molecule has 0 radical (unpaired) electrons. The summed E-state index contributed by atoms with van der Waals surface area (Å²) in [5.74, 6) is 0.524. The van der Waals surface area contributed by atoms with Crippen LogP contribution in [-0.2, 0) is 0 Å². The molecule has 0 aliphatic heterocycles. The van der Waals surface area contributed by atoms with E-state index in [0.29, 0.717) is 12.0 Å². The van der Waals surface area contributed by atoms with Crippen LogP contribution in [0.5, 0.6) is 0 Å². The van der Waals surface area contributed by atoms with Crippen molar-refractivity contribution in [3.8, 4) is 0 Å². The Morgan fingerprint density at radius 2 is 1.73 bits per heavy atom. The van der Waals surface area contributed by atoms with Gasteiger partial charge < -0.3 is 5.11 Å². The van der Waals surface area contributed by atoms with E-state index in [0.717, 1.165) is 19.4 Å². The molecule has 0 aliphatic carbocycles. The van der Waals surface area contributed by atoms with Gasteiger partial charge in [-0.15, -0.1) is 0 Å². The zero-order valence-electron chi connectivity index (χ0n) is 11.4. The van der Waals surface area contributed by atoms with Crippen LogP contribution in [0.2, 0.25) is 0 Å². The highest BCUT2D eigenvalue weighted by Crippen LogP contribution is 2.28. The first kappa shape index (κ1) is 14.9. The summed E-state index contributed by atoms with van der Waals surface area (Å²) in [5, 5.41) is 9.69. The summed E-state index contributed by atoms with van der Waals surface area (Å²) in [7, 11) is 0. The molecule has 0 spiro atoms. The highest BCUT2D eigenvalue weighted by Gasteiger charge is 2.36. The first-order valence-electron chi connectivity index (χ1n) is 6.31. The Morgan fingerprint density at radius 1 is 1.20 bits per heavy atom. The monoisotopic (exact) mass is 215 g/mol. The van der Waals surface area contributed by atoms with E-state index in [2.05, 4.69) is 46.4 Å². The average Bonchev–Trinajstić information content (AvgIpc) is 2.23. The number of aliphatic hydroxyl groups is 1. The molecule has 0 saturated heterocycles. The predicted octanol–water partition coefficient (Wildman–Crippen LogP) is 2.90. The summed E-state index contributed by atoms with van der Waals surface area (Å²) in [5.41, 5.74) is -0.0705. The summed E-state index contributed by atoms with van der Waals surface area (Å²) >= 11 is 0. The molecule has 0 bridgehead atoms. The quantitative estimate of drug-likeness (QED) is 0.706. The van der Waals surface area contributed by atoms with Crippen LogP contribution >= 0.6 is 0 Å². The number of nitrogens with zero attached hydrogens (tertiary/aromatic N) is 1.